The van der Waals surface area contributed by atoms with Crippen molar-refractivity contribution >= 4 is 58.3 Å². The zero-order chi connectivity index (χ0) is 29.7. The highest BCUT2D eigenvalue weighted by Crippen LogP contribution is 2.30. The number of nitrogens with one attached hydrogen (secondary N) is 2. The lowest BCUT2D eigenvalue weighted by Gasteiger charge is -2.15. The van der Waals surface area contributed by atoms with E-state index in [-0.39, 0.29) is 45.8 Å². The maximum atomic E-state index is 13.2. The first kappa shape index (κ1) is 29.0. The maximum absolute atomic E-state index is 13.2. The van der Waals surface area contributed by atoms with Crippen LogP contribution < -0.4 is 15.5 Å². The summed E-state index contributed by atoms with van der Waals surface area (Å²) in [6.45, 7) is 5.38. The second-order valence-electron chi connectivity index (χ2n) is 9.10. The number of hydrogen-bond acceptors (Lipinski definition) is 8. The van der Waals surface area contributed by atoms with E-state index in [9.17, 15) is 24.0 Å². The molecule has 1 aliphatic rings. The smallest absolute Gasteiger partial charge is 0.338 e. The lowest BCUT2D eigenvalue weighted by Crippen LogP contribution is -2.32. The molecule has 0 unspecified atom stereocenters. The van der Waals surface area contributed by atoms with Crippen molar-refractivity contribution in [1.29, 1.82) is 0 Å². The summed E-state index contributed by atoms with van der Waals surface area (Å²) in [6.07, 6.45) is -0.286. The summed E-state index contributed by atoms with van der Waals surface area (Å²) in [5, 5.41) is 5.24. The van der Waals surface area contributed by atoms with Crippen molar-refractivity contribution in [1.82, 2.24) is 0 Å². The van der Waals surface area contributed by atoms with E-state index < -0.39 is 29.7 Å². The monoisotopic (exact) mass is 575 g/mol. The number of carbonyl (C=O) groups excluding carboxylic acids is 5. The number of carbonyl (C=O) groups is 5. The molecule has 3 aromatic carbocycles. The molecule has 0 atom stereocenters. The highest BCUT2D eigenvalue weighted by molar-refractivity contribution is 6.53. The van der Waals surface area contributed by atoms with Gasteiger partial charge in [-0.1, -0.05) is 23.7 Å². The minimum absolute atomic E-state index is 0.167. The highest BCUT2D eigenvalue weighted by atomic mass is 35.5. The molecule has 10 nitrogen and oxygen atoms in total. The topological polar surface area (TPSA) is 131 Å². The van der Waals surface area contributed by atoms with E-state index in [1.165, 1.54) is 36.4 Å². The van der Waals surface area contributed by atoms with Gasteiger partial charge in [-0.3, -0.25) is 14.4 Å². The van der Waals surface area contributed by atoms with Gasteiger partial charge < -0.3 is 20.1 Å². The fourth-order valence-corrected chi connectivity index (χ4v) is 4.11. The summed E-state index contributed by atoms with van der Waals surface area (Å²) >= 11 is 6.24. The fourth-order valence-electron chi connectivity index (χ4n) is 3.90. The number of esters is 2. The van der Waals surface area contributed by atoms with Gasteiger partial charge in [-0.15, -0.1) is 0 Å². The Morgan fingerprint density at radius 2 is 1.46 bits per heavy atom. The molecule has 4 rings (SSSR count). The van der Waals surface area contributed by atoms with Gasteiger partial charge in [-0.2, -0.15) is 0 Å². The third-order valence-electron chi connectivity index (χ3n) is 5.76. The number of rotatable bonds is 9. The average Bonchev–Trinajstić information content (AvgIpc) is 3.16. The summed E-state index contributed by atoms with van der Waals surface area (Å²) in [5.41, 5.74) is 1.57. The van der Waals surface area contributed by atoms with E-state index in [1.807, 2.05) is 0 Å². The van der Waals surface area contributed by atoms with Crippen LogP contribution in [0.15, 0.2) is 83.5 Å². The minimum atomic E-state index is -0.743. The van der Waals surface area contributed by atoms with Crippen molar-refractivity contribution in [3.8, 4) is 0 Å². The summed E-state index contributed by atoms with van der Waals surface area (Å²) in [5.74, 6) is -2.95. The molecule has 0 aliphatic carbocycles. The molecular weight excluding hydrogens is 550 g/mol. The molecule has 0 aromatic heterocycles. The first-order chi connectivity index (χ1) is 19.6. The number of halogens is 1. The molecule has 3 aromatic rings. The van der Waals surface area contributed by atoms with Crippen LogP contribution in [-0.4, -0.2) is 42.4 Å². The Bertz CT molecular complexity index is 1560. The van der Waals surface area contributed by atoms with E-state index in [0.717, 1.165) is 4.90 Å². The Hall–Kier alpha value is -4.96. The zero-order valence-electron chi connectivity index (χ0n) is 22.4. The third-order valence-corrected chi connectivity index (χ3v) is 6.11. The van der Waals surface area contributed by atoms with Crippen molar-refractivity contribution in [3.63, 3.8) is 0 Å². The molecule has 2 N–H and O–H groups in total. The van der Waals surface area contributed by atoms with Gasteiger partial charge in [-0.05, 0) is 81.4 Å². The van der Waals surface area contributed by atoms with Crippen molar-refractivity contribution in [2.24, 2.45) is 0 Å². The van der Waals surface area contributed by atoms with E-state index in [4.69, 9.17) is 21.1 Å². The molecule has 0 spiro atoms. The van der Waals surface area contributed by atoms with Crippen molar-refractivity contribution in [2.75, 3.05) is 22.1 Å². The zero-order valence-corrected chi connectivity index (χ0v) is 23.2. The Kier molecular flexibility index (Phi) is 8.84. The van der Waals surface area contributed by atoms with E-state index in [1.54, 1.807) is 57.2 Å². The largest absolute Gasteiger partial charge is 0.462 e. The van der Waals surface area contributed by atoms with Gasteiger partial charge in [0, 0.05) is 16.9 Å². The number of ether oxygens (including phenoxy) is 2. The lowest BCUT2D eigenvalue weighted by atomic mass is 10.1. The Labute approximate surface area is 240 Å². The lowest BCUT2D eigenvalue weighted by molar-refractivity contribution is -0.120. The Balaban J connectivity index is 1.47. The molecule has 0 radical (unpaired) electrons. The molecule has 1 heterocycles. The van der Waals surface area contributed by atoms with Crippen LogP contribution in [0, 0.1) is 0 Å². The highest BCUT2D eigenvalue weighted by Gasteiger charge is 2.39. The van der Waals surface area contributed by atoms with Crippen LogP contribution in [0.3, 0.4) is 0 Å². The molecule has 0 saturated heterocycles. The van der Waals surface area contributed by atoms with Crippen LogP contribution in [0.2, 0.25) is 0 Å². The number of anilines is 3. The van der Waals surface area contributed by atoms with Gasteiger partial charge in [0.05, 0.1) is 29.5 Å². The summed E-state index contributed by atoms with van der Waals surface area (Å²) < 4.78 is 10.1. The second kappa shape index (κ2) is 12.5. The van der Waals surface area contributed by atoms with Crippen LogP contribution in [-0.2, 0) is 19.1 Å². The van der Waals surface area contributed by atoms with Crippen LogP contribution in [0.25, 0.3) is 0 Å². The van der Waals surface area contributed by atoms with E-state index >= 15 is 0 Å². The number of imide groups is 1. The van der Waals surface area contributed by atoms with Gasteiger partial charge >= 0.3 is 11.9 Å². The van der Waals surface area contributed by atoms with Crippen molar-refractivity contribution in [3.05, 3.63) is 100 Å². The predicted octanol–water partition coefficient (Wildman–Crippen LogP) is 5.12. The van der Waals surface area contributed by atoms with Crippen LogP contribution in [0.5, 0.6) is 0 Å². The first-order valence-corrected chi connectivity index (χ1v) is 13.0. The number of nitrogens with zero attached hydrogens (tertiary/aromatic N) is 1. The number of hydrogen-bond donors (Lipinski definition) is 2. The molecule has 41 heavy (non-hydrogen) atoms. The molecule has 11 heteroatoms. The molecule has 3 amide bonds. The first-order valence-electron chi connectivity index (χ1n) is 12.6. The molecular formula is C30H26ClN3O7. The summed E-state index contributed by atoms with van der Waals surface area (Å²) in [4.78, 5) is 63.9. The van der Waals surface area contributed by atoms with Gasteiger partial charge in [0.1, 0.15) is 10.7 Å². The van der Waals surface area contributed by atoms with Crippen molar-refractivity contribution < 1.29 is 33.4 Å². The number of benzene rings is 3. The summed E-state index contributed by atoms with van der Waals surface area (Å²) in [6, 6.07) is 18.4. The normalized spacial score (nSPS) is 13.0. The molecule has 1 aliphatic heterocycles. The summed E-state index contributed by atoms with van der Waals surface area (Å²) in [7, 11) is 0. The SMILES string of the molecule is CCOC(=O)c1ccc(N2C(=O)C(Cl)=C(Nc3cccc(C(=O)Nc4cccc(C(=O)OC(C)C)c4)c3)C2=O)cc1. The maximum Gasteiger partial charge on any atom is 0.338 e. The quantitative estimate of drug-likeness (QED) is 0.266. The average molecular weight is 576 g/mol. The Morgan fingerprint density at radius 1 is 0.829 bits per heavy atom. The van der Waals surface area contributed by atoms with Gasteiger partial charge in [-0.25, -0.2) is 14.5 Å². The van der Waals surface area contributed by atoms with Gasteiger partial charge in [0.15, 0.2) is 0 Å². The van der Waals surface area contributed by atoms with Crippen LogP contribution in [0.4, 0.5) is 17.1 Å². The Morgan fingerprint density at radius 3 is 2.12 bits per heavy atom. The van der Waals surface area contributed by atoms with Gasteiger partial charge in [0.25, 0.3) is 17.7 Å². The van der Waals surface area contributed by atoms with E-state index in [2.05, 4.69) is 10.6 Å². The standard InChI is InChI=1S/C30H26ClN3O7/c1-4-40-29(38)18-11-13-23(14-12-18)34-27(36)24(31)25(28(34)37)32-21-9-5-7-19(15-21)26(35)33-22-10-6-8-20(16-22)30(39)41-17(2)3/h5-17,32H,4H2,1-3H3,(H,33,35). The predicted molar refractivity (Wildman–Crippen MR) is 153 cm³/mol. The second-order valence-corrected chi connectivity index (χ2v) is 9.47. The minimum Gasteiger partial charge on any atom is -0.462 e. The van der Waals surface area contributed by atoms with Crippen LogP contribution >= 0.6 is 11.6 Å². The third kappa shape index (κ3) is 6.62. The van der Waals surface area contributed by atoms with E-state index in [0.29, 0.717) is 11.4 Å². The van der Waals surface area contributed by atoms with Gasteiger partial charge in [0.2, 0.25) is 0 Å². The fraction of sp³-hybridized carbons (Fsp3) is 0.167. The van der Waals surface area contributed by atoms with Crippen molar-refractivity contribution in [2.45, 2.75) is 26.9 Å². The molecule has 0 fully saturated rings. The van der Waals surface area contributed by atoms with Crippen LogP contribution in [0.1, 0.15) is 51.8 Å². The molecule has 0 bridgehead atoms. The molecule has 0 saturated carbocycles. The molecule has 210 valence electrons. The number of amides is 3.